The number of nitrogens with zero attached hydrogens (tertiary/aromatic N) is 2. The van der Waals surface area contributed by atoms with E-state index in [4.69, 9.17) is 9.47 Å². The van der Waals surface area contributed by atoms with E-state index in [1.807, 2.05) is 25.1 Å². The third-order valence-electron chi connectivity index (χ3n) is 5.72. The van der Waals surface area contributed by atoms with Crippen LogP contribution in [0.15, 0.2) is 82.7 Å². The van der Waals surface area contributed by atoms with Crippen LogP contribution in [0.4, 0.5) is 5.69 Å². The zero-order valence-electron chi connectivity index (χ0n) is 20.6. The van der Waals surface area contributed by atoms with E-state index < -0.39 is 11.8 Å². The number of aromatic hydroxyl groups is 1. The first-order valence-corrected chi connectivity index (χ1v) is 11.5. The lowest BCUT2D eigenvalue weighted by atomic mass is 10.1. The van der Waals surface area contributed by atoms with Gasteiger partial charge in [0.2, 0.25) is 5.88 Å². The molecule has 0 bridgehead atoms. The summed E-state index contributed by atoms with van der Waals surface area (Å²) in [6, 6.07) is 19.2. The summed E-state index contributed by atoms with van der Waals surface area (Å²) in [5.74, 6) is -0.550. The average molecular weight is 499 g/mol. The van der Waals surface area contributed by atoms with Crippen LogP contribution in [-0.2, 0) is 11.2 Å². The summed E-state index contributed by atoms with van der Waals surface area (Å²) in [5, 5.41) is 21.5. The molecule has 4 rings (SSSR count). The molecule has 0 radical (unpaired) electrons. The first-order valence-electron chi connectivity index (χ1n) is 11.5. The molecule has 0 saturated carbocycles. The fraction of sp³-hybridized carbons (Fsp3) is 0.143. The number of carbonyl (C=O) groups excluding carboxylic acids is 2. The molecule has 2 amide bonds. The zero-order chi connectivity index (χ0) is 26.4. The molecule has 0 fully saturated rings. The van der Waals surface area contributed by atoms with Crippen LogP contribution in [0.5, 0.6) is 17.4 Å². The maximum absolute atomic E-state index is 13.2. The van der Waals surface area contributed by atoms with Gasteiger partial charge < -0.3 is 24.9 Å². The number of amides is 2. The van der Waals surface area contributed by atoms with Crippen LogP contribution < -0.4 is 14.8 Å². The Labute approximate surface area is 213 Å². The number of nitrogens with one attached hydrogen (secondary N) is 2. The van der Waals surface area contributed by atoms with Gasteiger partial charge in [0.05, 0.1) is 19.7 Å². The molecule has 0 saturated heterocycles. The highest BCUT2D eigenvalue weighted by molar-refractivity contribution is 6.06. The third kappa shape index (κ3) is 5.67. The van der Waals surface area contributed by atoms with Crippen molar-refractivity contribution in [2.45, 2.75) is 13.3 Å². The number of aryl methyl sites for hydroxylation is 1. The zero-order valence-corrected chi connectivity index (χ0v) is 20.6. The highest BCUT2D eigenvalue weighted by atomic mass is 16.5. The Balaban J connectivity index is 1.74. The molecule has 9 nitrogen and oxygen atoms in total. The Morgan fingerprint density at radius 3 is 2.51 bits per heavy atom. The Kier molecular flexibility index (Phi) is 7.63. The van der Waals surface area contributed by atoms with Gasteiger partial charge in [0, 0.05) is 16.5 Å². The number of benzene rings is 3. The van der Waals surface area contributed by atoms with Crippen LogP contribution in [0, 0.1) is 0 Å². The van der Waals surface area contributed by atoms with Crippen molar-refractivity contribution in [3.63, 3.8) is 0 Å². The van der Waals surface area contributed by atoms with Gasteiger partial charge in [-0.25, -0.2) is 0 Å². The quantitative estimate of drug-likeness (QED) is 0.217. The SMILES string of the molecule is CCc1ccc2[nH]c(O)c(N=NC(=O)/C(=C/c3cc(OC)ccc3OC)NC(=O)c3ccccc3)c2c1. The van der Waals surface area contributed by atoms with Crippen molar-refractivity contribution >= 4 is 34.5 Å². The number of azo groups is 1. The van der Waals surface area contributed by atoms with E-state index in [0.29, 0.717) is 33.5 Å². The number of methoxy groups -OCH3 is 2. The molecule has 37 heavy (non-hydrogen) atoms. The molecular formula is C28H26N4O5. The first kappa shape index (κ1) is 25.2. The minimum Gasteiger partial charge on any atom is -0.497 e. The van der Waals surface area contributed by atoms with Gasteiger partial charge in [-0.1, -0.05) is 31.2 Å². The van der Waals surface area contributed by atoms with Crippen LogP contribution in [0.2, 0.25) is 0 Å². The Bertz CT molecular complexity index is 1510. The summed E-state index contributed by atoms with van der Waals surface area (Å²) in [5.41, 5.74) is 2.53. The minimum atomic E-state index is -0.824. The van der Waals surface area contributed by atoms with E-state index >= 15 is 0 Å². The number of hydrogen-bond acceptors (Lipinski definition) is 6. The van der Waals surface area contributed by atoms with E-state index in [0.717, 1.165) is 12.0 Å². The van der Waals surface area contributed by atoms with Gasteiger partial charge in [0.25, 0.3) is 5.91 Å². The number of hydrogen-bond donors (Lipinski definition) is 3. The maximum Gasteiger partial charge on any atom is 0.311 e. The van der Waals surface area contributed by atoms with Gasteiger partial charge in [-0.05, 0) is 60.5 Å². The van der Waals surface area contributed by atoms with Crippen molar-refractivity contribution in [3.05, 3.63) is 89.1 Å². The molecule has 9 heteroatoms. The summed E-state index contributed by atoms with van der Waals surface area (Å²) < 4.78 is 10.7. The normalized spacial score (nSPS) is 11.6. The maximum atomic E-state index is 13.2. The second-order valence-corrected chi connectivity index (χ2v) is 8.05. The van der Waals surface area contributed by atoms with Crippen LogP contribution in [0.1, 0.15) is 28.4 Å². The van der Waals surface area contributed by atoms with Crippen LogP contribution in [0.3, 0.4) is 0 Å². The van der Waals surface area contributed by atoms with Crippen molar-refractivity contribution in [1.82, 2.24) is 10.3 Å². The molecule has 0 unspecified atom stereocenters. The van der Waals surface area contributed by atoms with Gasteiger partial charge in [-0.3, -0.25) is 9.59 Å². The second kappa shape index (κ2) is 11.2. The van der Waals surface area contributed by atoms with E-state index in [1.165, 1.54) is 20.3 Å². The average Bonchev–Trinajstić information content (AvgIpc) is 3.25. The number of H-pyrrole nitrogens is 1. The Morgan fingerprint density at radius 1 is 1.03 bits per heavy atom. The number of ether oxygens (including phenoxy) is 2. The monoisotopic (exact) mass is 498 g/mol. The van der Waals surface area contributed by atoms with Crippen LogP contribution >= 0.6 is 0 Å². The topological polar surface area (TPSA) is 125 Å². The van der Waals surface area contributed by atoms with Crippen molar-refractivity contribution in [2.75, 3.05) is 14.2 Å². The number of rotatable bonds is 8. The third-order valence-corrected chi connectivity index (χ3v) is 5.72. The van der Waals surface area contributed by atoms with E-state index in [-0.39, 0.29) is 17.3 Å². The van der Waals surface area contributed by atoms with Crippen molar-refractivity contribution in [1.29, 1.82) is 0 Å². The minimum absolute atomic E-state index is 0.131. The molecule has 0 aliphatic heterocycles. The van der Waals surface area contributed by atoms with Crippen LogP contribution in [0.25, 0.3) is 17.0 Å². The molecule has 0 aliphatic carbocycles. The lowest BCUT2D eigenvalue weighted by Gasteiger charge is -2.10. The van der Waals surface area contributed by atoms with Crippen molar-refractivity contribution in [2.24, 2.45) is 10.2 Å². The first-order chi connectivity index (χ1) is 17.9. The van der Waals surface area contributed by atoms with Gasteiger partial charge in [-0.2, -0.15) is 0 Å². The molecular weight excluding hydrogens is 472 g/mol. The molecule has 3 aromatic carbocycles. The molecule has 1 heterocycles. The fourth-order valence-corrected chi connectivity index (χ4v) is 3.72. The van der Waals surface area contributed by atoms with Crippen LogP contribution in [-0.4, -0.2) is 36.1 Å². The molecule has 4 aromatic rings. The van der Waals surface area contributed by atoms with Gasteiger partial charge in [0.1, 0.15) is 17.2 Å². The highest BCUT2D eigenvalue weighted by Gasteiger charge is 2.17. The van der Waals surface area contributed by atoms with E-state index in [2.05, 4.69) is 20.5 Å². The molecule has 188 valence electrons. The van der Waals surface area contributed by atoms with Gasteiger partial charge >= 0.3 is 5.91 Å². The largest absolute Gasteiger partial charge is 0.497 e. The molecule has 3 N–H and O–H groups in total. The van der Waals surface area contributed by atoms with Gasteiger partial charge in [0.15, 0.2) is 5.69 Å². The fourth-order valence-electron chi connectivity index (χ4n) is 3.72. The Morgan fingerprint density at radius 2 is 1.81 bits per heavy atom. The van der Waals surface area contributed by atoms with Crippen molar-refractivity contribution in [3.8, 4) is 17.4 Å². The molecule has 0 atom stereocenters. The Hall–Kier alpha value is -4.92. The summed E-state index contributed by atoms with van der Waals surface area (Å²) in [6.45, 7) is 2.01. The lowest BCUT2D eigenvalue weighted by molar-refractivity contribution is -0.115. The number of aromatic amines is 1. The summed E-state index contributed by atoms with van der Waals surface area (Å²) in [4.78, 5) is 28.9. The number of fused-ring (bicyclic) bond motifs is 1. The smallest absolute Gasteiger partial charge is 0.311 e. The molecule has 0 spiro atoms. The standard InChI is InChI=1S/C28H26N4O5/c1-4-17-10-12-22-21(14-17)25(28(35)29-22)31-32-27(34)23(30-26(33)18-8-6-5-7-9-18)16-19-15-20(36-2)11-13-24(19)37-3/h5-16,29,35H,4H2,1-3H3,(H,30,33)/b23-16-,32-31?. The second-order valence-electron chi connectivity index (χ2n) is 8.05. The van der Waals surface area contributed by atoms with Crippen molar-refractivity contribution < 1.29 is 24.2 Å². The predicted octanol–water partition coefficient (Wildman–Crippen LogP) is 5.53. The van der Waals surface area contributed by atoms with E-state index in [1.54, 1.807) is 48.5 Å². The molecule has 0 aliphatic rings. The summed E-state index contributed by atoms with van der Waals surface area (Å²) >= 11 is 0. The lowest BCUT2D eigenvalue weighted by Crippen LogP contribution is -2.26. The van der Waals surface area contributed by atoms with Gasteiger partial charge in [-0.15, -0.1) is 10.2 Å². The number of aromatic nitrogens is 1. The van der Waals surface area contributed by atoms with E-state index in [9.17, 15) is 14.7 Å². The molecule has 1 aromatic heterocycles. The summed E-state index contributed by atoms with van der Waals surface area (Å²) in [6.07, 6.45) is 2.23. The predicted molar refractivity (Wildman–Crippen MR) is 140 cm³/mol. The highest BCUT2D eigenvalue weighted by Crippen LogP contribution is 2.36. The summed E-state index contributed by atoms with van der Waals surface area (Å²) in [7, 11) is 3.01. The number of carbonyl (C=O) groups is 2.